The highest BCUT2D eigenvalue weighted by molar-refractivity contribution is 4.87. The molecule has 1 N–H and O–H groups in total. The molecule has 0 unspecified atom stereocenters. The van der Waals surface area contributed by atoms with Gasteiger partial charge in [0.1, 0.15) is 0 Å². The summed E-state index contributed by atoms with van der Waals surface area (Å²) in [6.07, 6.45) is 13.2. The van der Waals surface area contributed by atoms with E-state index in [4.69, 9.17) is 4.84 Å². The van der Waals surface area contributed by atoms with Crippen molar-refractivity contribution in [3.05, 3.63) is 0 Å². The molecule has 2 aliphatic rings. The monoisotopic (exact) mass is 283 g/mol. The first-order valence-electron chi connectivity index (χ1n) is 8.87. The highest BCUT2D eigenvalue weighted by atomic mass is 16.7. The van der Waals surface area contributed by atoms with E-state index < -0.39 is 0 Å². The van der Waals surface area contributed by atoms with Crippen molar-refractivity contribution in [1.82, 2.24) is 5.06 Å². The van der Waals surface area contributed by atoms with Gasteiger partial charge in [0, 0.05) is 12.1 Å². The van der Waals surface area contributed by atoms with Crippen LogP contribution in [0.4, 0.5) is 0 Å². The highest BCUT2D eigenvalue weighted by Crippen LogP contribution is 2.36. The summed E-state index contributed by atoms with van der Waals surface area (Å²) >= 11 is 0. The van der Waals surface area contributed by atoms with Gasteiger partial charge in [0.2, 0.25) is 0 Å². The zero-order chi connectivity index (χ0) is 14.4. The minimum Gasteiger partial charge on any atom is -0.393 e. The lowest BCUT2D eigenvalue weighted by atomic mass is 9.91. The number of aliphatic hydroxyl groups is 1. The molecule has 118 valence electrons. The van der Waals surface area contributed by atoms with Crippen LogP contribution in [0.25, 0.3) is 0 Å². The molecule has 0 saturated carbocycles. The van der Waals surface area contributed by atoms with E-state index in [2.05, 4.69) is 18.9 Å². The van der Waals surface area contributed by atoms with E-state index in [-0.39, 0.29) is 6.10 Å². The van der Waals surface area contributed by atoms with Crippen LogP contribution in [0.2, 0.25) is 0 Å². The highest BCUT2D eigenvalue weighted by Gasteiger charge is 2.40. The van der Waals surface area contributed by atoms with Gasteiger partial charge in [-0.2, -0.15) is 5.06 Å². The lowest BCUT2D eigenvalue weighted by Crippen LogP contribution is -2.43. The van der Waals surface area contributed by atoms with Gasteiger partial charge >= 0.3 is 0 Å². The van der Waals surface area contributed by atoms with Crippen molar-refractivity contribution in [1.29, 1.82) is 0 Å². The van der Waals surface area contributed by atoms with E-state index in [0.29, 0.717) is 18.2 Å². The molecule has 2 rings (SSSR count). The van der Waals surface area contributed by atoms with Gasteiger partial charge in [-0.25, -0.2) is 0 Å². The Morgan fingerprint density at radius 1 is 1.20 bits per heavy atom. The molecule has 20 heavy (non-hydrogen) atoms. The van der Waals surface area contributed by atoms with Gasteiger partial charge in [0.15, 0.2) is 0 Å². The van der Waals surface area contributed by atoms with E-state index in [0.717, 1.165) is 19.3 Å². The Morgan fingerprint density at radius 3 is 2.75 bits per heavy atom. The molecule has 0 amide bonds. The van der Waals surface area contributed by atoms with E-state index in [1.807, 2.05) is 0 Å². The minimum atomic E-state index is -0.142. The number of piperidine rings is 1. The molecule has 0 aromatic carbocycles. The summed E-state index contributed by atoms with van der Waals surface area (Å²) in [6.45, 7) is 4.43. The van der Waals surface area contributed by atoms with Gasteiger partial charge in [-0.3, -0.25) is 4.84 Å². The number of nitrogens with zero attached hydrogens (tertiary/aromatic N) is 1. The fourth-order valence-corrected chi connectivity index (χ4v) is 3.75. The normalized spacial score (nSPS) is 32.2. The summed E-state index contributed by atoms with van der Waals surface area (Å²) in [4.78, 5) is 6.21. The quantitative estimate of drug-likeness (QED) is 0.729. The standard InChI is InChI=1S/C17H33NO2/c1-3-5-10-16(19)12-14-8-7-9-15-13-17(11-6-4-2)20-18(14)15/h14-17,19H,3-13H2,1-2H3/t14-,15-,16-,17-/m1/s1. The first kappa shape index (κ1) is 16.3. The van der Waals surface area contributed by atoms with Crippen molar-refractivity contribution < 1.29 is 9.94 Å². The zero-order valence-electron chi connectivity index (χ0n) is 13.4. The third kappa shape index (κ3) is 4.44. The molecule has 2 saturated heterocycles. The van der Waals surface area contributed by atoms with Gasteiger partial charge < -0.3 is 5.11 Å². The third-order valence-corrected chi connectivity index (χ3v) is 4.91. The molecular weight excluding hydrogens is 250 g/mol. The zero-order valence-corrected chi connectivity index (χ0v) is 13.4. The Morgan fingerprint density at radius 2 is 2.00 bits per heavy atom. The van der Waals surface area contributed by atoms with E-state index in [1.165, 1.54) is 51.4 Å². The SMILES string of the molecule is CCCC[C@@H](O)C[C@H]1CCC[C@@H]2C[C@@H](CCCC)ON12. The van der Waals surface area contributed by atoms with Crippen LogP contribution in [-0.4, -0.2) is 34.5 Å². The molecule has 0 aliphatic carbocycles. The number of aliphatic hydroxyl groups excluding tert-OH is 1. The molecule has 0 radical (unpaired) electrons. The van der Waals surface area contributed by atoms with Gasteiger partial charge in [0.25, 0.3) is 0 Å². The maximum absolute atomic E-state index is 10.2. The summed E-state index contributed by atoms with van der Waals surface area (Å²) in [7, 11) is 0. The molecule has 0 aromatic rings. The second-order valence-corrected chi connectivity index (χ2v) is 6.74. The lowest BCUT2D eigenvalue weighted by molar-refractivity contribution is -0.206. The Balaban J connectivity index is 1.81. The Hall–Kier alpha value is -0.120. The van der Waals surface area contributed by atoms with Gasteiger partial charge in [-0.1, -0.05) is 46.0 Å². The first-order valence-corrected chi connectivity index (χ1v) is 8.87. The number of hydrogen-bond donors (Lipinski definition) is 1. The molecule has 0 bridgehead atoms. The summed E-state index contributed by atoms with van der Waals surface area (Å²) in [5.74, 6) is 0. The molecule has 2 aliphatic heterocycles. The molecule has 0 spiro atoms. The van der Waals surface area contributed by atoms with Gasteiger partial charge in [-0.15, -0.1) is 0 Å². The summed E-state index contributed by atoms with van der Waals surface area (Å²) in [5.41, 5.74) is 0. The molecular formula is C17H33NO2. The molecule has 0 aromatic heterocycles. The molecule has 3 heteroatoms. The van der Waals surface area contributed by atoms with Crippen molar-refractivity contribution in [3.8, 4) is 0 Å². The Kier molecular flexibility index (Phi) is 6.79. The van der Waals surface area contributed by atoms with Crippen LogP contribution in [0.15, 0.2) is 0 Å². The van der Waals surface area contributed by atoms with E-state index >= 15 is 0 Å². The number of hydrogen-bond acceptors (Lipinski definition) is 3. The fraction of sp³-hybridized carbons (Fsp3) is 1.00. The summed E-state index contributed by atoms with van der Waals surface area (Å²) in [5, 5.41) is 12.5. The number of hydroxylamine groups is 2. The predicted octanol–water partition coefficient (Wildman–Crippen LogP) is 4.04. The Labute approximate surface area is 124 Å². The van der Waals surface area contributed by atoms with Crippen LogP contribution >= 0.6 is 0 Å². The van der Waals surface area contributed by atoms with Crippen molar-refractivity contribution in [2.75, 3.05) is 0 Å². The molecule has 2 fully saturated rings. The van der Waals surface area contributed by atoms with Crippen molar-refractivity contribution in [2.24, 2.45) is 0 Å². The fourth-order valence-electron chi connectivity index (χ4n) is 3.75. The van der Waals surface area contributed by atoms with Crippen LogP contribution in [0.3, 0.4) is 0 Å². The third-order valence-electron chi connectivity index (χ3n) is 4.91. The number of rotatable bonds is 8. The lowest BCUT2D eigenvalue weighted by Gasteiger charge is -2.36. The van der Waals surface area contributed by atoms with Crippen LogP contribution in [0, 0.1) is 0 Å². The maximum Gasteiger partial charge on any atom is 0.0809 e. The largest absolute Gasteiger partial charge is 0.393 e. The maximum atomic E-state index is 10.2. The second-order valence-electron chi connectivity index (χ2n) is 6.74. The smallest absolute Gasteiger partial charge is 0.0809 e. The number of fused-ring (bicyclic) bond motifs is 1. The van der Waals surface area contributed by atoms with Crippen molar-refractivity contribution >= 4 is 0 Å². The van der Waals surface area contributed by atoms with Gasteiger partial charge in [0.05, 0.1) is 12.2 Å². The topological polar surface area (TPSA) is 32.7 Å². The molecule has 4 atom stereocenters. The molecule has 2 heterocycles. The predicted molar refractivity (Wildman–Crippen MR) is 82.4 cm³/mol. The van der Waals surface area contributed by atoms with Crippen LogP contribution in [0.1, 0.15) is 84.5 Å². The summed E-state index contributed by atoms with van der Waals surface area (Å²) in [6, 6.07) is 1.07. The Bertz CT molecular complexity index is 272. The van der Waals surface area contributed by atoms with E-state index in [9.17, 15) is 5.11 Å². The first-order chi connectivity index (χ1) is 9.74. The molecule has 3 nitrogen and oxygen atoms in total. The average molecular weight is 283 g/mol. The van der Waals surface area contributed by atoms with Gasteiger partial charge in [-0.05, 0) is 38.5 Å². The minimum absolute atomic E-state index is 0.142. The van der Waals surface area contributed by atoms with Crippen LogP contribution in [0.5, 0.6) is 0 Å². The van der Waals surface area contributed by atoms with Crippen LogP contribution in [-0.2, 0) is 4.84 Å². The van der Waals surface area contributed by atoms with Crippen molar-refractivity contribution in [2.45, 2.75) is 109 Å². The average Bonchev–Trinajstić information content (AvgIpc) is 2.87. The van der Waals surface area contributed by atoms with Crippen molar-refractivity contribution in [3.63, 3.8) is 0 Å². The second kappa shape index (κ2) is 8.35. The number of unbranched alkanes of at least 4 members (excludes halogenated alkanes) is 2. The van der Waals surface area contributed by atoms with Crippen LogP contribution < -0.4 is 0 Å². The summed E-state index contributed by atoms with van der Waals surface area (Å²) < 4.78 is 0. The van der Waals surface area contributed by atoms with E-state index in [1.54, 1.807) is 0 Å².